The number of ketones is 6. The zero-order valence-corrected chi connectivity index (χ0v) is 32.9. The van der Waals surface area contributed by atoms with E-state index in [1.54, 1.807) is 72.8 Å². The molecule has 8 aromatic rings. The van der Waals surface area contributed by atoms with Crippen LogP contribution in [0.4, 0.5) is 0 Å². The van der Waals surface area contributed by atoms with Gasteiger partial charge in [0.25, 0.3) is 0 Å². The largest absolute Gasteiger partial charge is 0.457 e. The number of hydrogen-bond donors (Lipinski definition) is 0. The maximum Gasteiger partial charge on any atom is 0.233 e. The van der Waals surface area contributed by atoms with Crippen molar-refractivity contribution in [3.05, 3.63) is 240 Å². The number of rotatable bonds is 15. The van der Waals surface area contributed by atoms with Crippen LogP contribution >= 0.6 is 0 Å². The van der Waals surface area contributed by atoms with Crippen molar-refractivity contribution in [3.63, 3.8) is 0 Å². The molecule has 0 saturated heterocycles. The fraction of sp³-hybridized carbons (Fsp3) is 0. The third-order valence-corrected chi connectivity index (χ3v) is 10.1. The first kappa shape index (κ1) is 40.2. The highest BCUT2D eigenvalue weighted by molar-refractivity contribution is 6.50. The summed E-state index contributed by atoms with van der Waals surface area (Å²) in [6, 6.07) is 57.7. The zero-order chi connectivity index (χ0) is 43.0. The van der Waals surface area contributed by atoms with Gasteiger partial charge in [-0.3, -0.25) is 28.8 Å². The molecule has 8 aromatic carbocycles. The van der Waals surface area contributed by atoms with Crippen molar-refractivity contribution in [1.82, 2.24) is 0 Å². The topological polar surface area (TPSA) is 121 Å². The molecule has 0 bridgehead atoms. The summed E-state index contributed by atoms with van der Waals surface area (Å²) in [6.45, 7) is 0. The van der Waals surface area contributed by atoms with Crippen LogP contribution in [0, 0.1) is 0 Å². The van der Waals surface area contributed by atoms with E-state index in [0.717, 1.165) is 22.3 Å². The summed E-state index contributed by atoms with van der Waals surface area (Å²) in [6.07, 6.45) is 0. The van der Waals surface area contributed by atoms with Crippen molar-refractivity contribution in [3.8, 4) is 45.3 Å². The third kappa shape index (κ3) is 9.15. The number of carbonyl (C=O) groups excluding carboxylic acids is 6. The van der Waals surface area contributed by atoms with Crippen molar-refractivity contribution in [2.24, 2.45) is 0 Å². The van der Waals surface area contributed by atoms with Gasteiger partial charge in [0.2, 0.25) is 34.7 Å². The molecule has 0 heterocycles. The fourth-order valence-electron chi connectivity index (χ4n) is 6.65. The first-order chi connectivity index (χ1) is 30.2. The summed E-state index contributed by atoms with van der Waals surface area (Å²) in [5.41, 5.74) is 5.24. The van der Waals surface area contributed by atoms with Crippen LogP contribution in [0.3, 0.4) is 0 Å². The van der Waals surface area contributed by atoms with Crippen LogP contribution in [0.15, 0.2) is 206 Å². The Kier molecular flexibility index (Phi) is 11.7. The summed E-state index contributed by atoms with van der Waals surface area (Å²) in [4.78, 5) is 78.0. The van der Waals surface area contributed by atoms with E-state index in [1.807, 2.05) is 84.9 Å². The molecule has 62 heavy (non-hydrogen) atoms. The Morgan fingerprint density at radius 3 is 0.597 bits per heavy atom. The van der Waals surface area contributed by atoms with Crippen LogP contribution in [0.5, 0.6) is 23.0 Å². The number of hydrogen-bond acceptors (Lipinski definition) is 8. The Labute approximate surface area is 356 Å². The molecule has 0 aliphatic rings. The van der Waals surface area contributed by atoms with Crippen molar-refractivity contribution in [2.45, 2.75) is 0 Å². The summed E-state index contributed by atoms with van der Waals surface area (Å²) in [5, 5.41) is 0. The molecule has 0 fully saturated rings. The predicted octanol–water partition coefficient (Wildman–Crippen LogP) is 11.8. The lowest BCUT2D eigenvalue weighted by molar-refractivity contribution is 0.0817. The van der Waals surface area contributed by atoms with Gasteiger partial charge in [0.05, 0.1) is 0 Å². The monoisotopic (exact) mass is 810 g/mol. The average Bonchev–Trinajstić information content (AvgIpc) is 3.34. The molecule has 298 valence electrons. The fourth-order valence-corrected chi connectivity index (χ4v) is 6.65. The number of ether oxygens (including phenoxy) is 2. The third-order valence-electron chi connectivity index (χ3n) is 10.1. The Morgan fingerprint density at radius 1 is 0.210 bits per heavy atom. The van der Waals surface area contributed by atoms with Crippen LogP contribution in [0.1, 0.15) is 62.1 Å². The molecular weight excluding hydrogens is 777 g/mol. The average molecular weight is 811 g/mol. The second kappa shape index (κ2) is 18.1. The molecule has 8 heteroatoms. The van der Waals surface area contributed by atoms with Gasteiger partial charge in [-0.15, -0.1) is 0 Å². The molecule has 0 amide bonds. The van der Waals surface area contributed by atoms with Gasteiger partial charge in [0.15, 0.2) is 0 Å². The molecule has 0 aliphatic carbocycles. The molecule has 0 aliphatic heterocycles. The summed E-state index contributed by atoms with van der Waals surface area (Å²) in [5.74, 6) is -2.36. The molecular formula is C54H34O8. The summed E-state index contributed by atoms with van der Waals surface area (Å²) in [7, 11) is 0. The minimum absolute atomic E-state index is 0.163. The second-order valence-electron chi connectivity index (χ2n) is 14.2. The van der Waals surface area contributed by atoms with Crippen LogP contribution in [-0.4, -0.2) is 34.7 Å². The number of carbonyl (C=O) groups is 6. The van der Waals surface area contributed by atoms with Gasteiger partial charge in [-0.1, -0.05) is 109 Å². The van der Waals surface area contributed by atoms with Crippen LogP contribution < -0.4 is 9.47 Å². The lowest BCUT2D eigenvalue weighted by atomic mass is 9.98. The summed E-state index contributed by atoms with van der Waals surface area (Å²) >= 11 is 0. The Morgan fingerprint density at radius 2 is 0.387 bits per heavy atom. The van der Waals surface area contributed by atoms with Gasteiger partial charge in [-0.2, -0.15) is 0 Å². The predicted molar refractivity (Wildman–Crippen MR) is 236 cm³/mol. The van der Waals surface area contributed by atoms with E-state index in [2.05, 4.69) is 0 Å². The highest BCUT2D eigenvalue weighted by Gasteiger charge is 2.21. The Hall–Kier alpha value is -8.62. The first-order valence-corrected chi connectivity index (χ1v) is 19.5. The molecule has 0 N–H and O–H groups in total. The van der Waals surface area contributed by atoms with Gasteiger partial charge in [0, 0.05) is 33.4 Å². The normalized spacial score (nSPS) is 10.6. The number of Topliss-reactive ketones (excluding diaryl/α,β-unsaturated/α-hetero) is 6. The highest BCUT2D eigenvalue weighted by Crippen LogP contribution is 2.27. The van der Waals surface area contributed by atoms with Gasteiger partial charge in [0.1, 0.15) is 23.0 Å². The molecule has 8 nitrogen and oxygen atoms in total. The van der Waals surface area contributed by atoms with E-state index in [4.69, 9.17) is 9.47 Å². The minimum atomic E-state index is -0.714. The number of benzene rings is 8. The zero-order valence-electron chi connectivity index (χ0n) is 32.9. The van der Waals surface area contributed by atoms with Gasteiger partial charge < -0.3 is 9.47 Å². The molecule has 0 radical (unpaired) electrons. The van der Waals surface area contributed by atoms with Crippen molar-refractivity contribution in [1.29, 1.82) is 0 Å². The van der Waals surface area contributed by atoms with E-state index in [-0.39, 0.29) is 22.3 Å². The van der Waals surface area contributed by atoms with Crippen LogP contribution in [0.2, 0.25) is 0 Å². The SMILES string of the molecule is O=C(C(=O)c1ccc(Oc2ccc(C(=O)C(=O)c3ccc(-c4ccccc4)cc3)cc2)cc1)c1ccc(Oc2ccc(C(=O)C(=O)c3ccc(-c4ccccc4)cc3)cc2)cc1. The molecule has 0 spiro atoms. The standard InChI is InChI=1S/C54H34O8/c55-49(39-15-11-37(12-16-39)35-7-3-1-4-8-35)51(57)41-19-27-45(28-20-41)61-47-31-23-43(24-32-47)53(59)54(60)44-25-33-48(34-26-44)62-46-29-21-42(22-30-46)52(58)50(56)40-17-13-38(14-18-40)36-9-5-2-6-10-36/h1-34H. The van der Waals surface area contributed by atoms with E-state index >= 15 is 0 Å². The molecule has 8 rings (SSSR count). The minimum Gasteiger partial charge on any atom is -0.457 e. The Bertz CT molecular complexity index is 2710. The Balaban J connectivity index is 0.821. The van der Waals surface area contributed by atoms with Crippen LogP contribution in [0.25, 0.3) is 22.3 Å². The van der Waals surface area contributed by atoms with E-state index in [1.165, 1.54) is 48.5 Å². The van der Waals surface area contributed by atoms with E-state index in [9.17, 15) is 28.8 Å². The van der Waals surface area contributed by atoms with Gasteiger partial charge in [-0.25, -0.2) is 0 Å². The molecule has 0 atom stereocenters. The lowest BCUT2D eigenvalue weighted by Gasteiger charge is -2.09. The second-order valence-corrected chi connectivity index (χ2v) is 14.2. The quantitative estimate of drug-likeness (QED) is 0.0741. The highest BCUT2D eigenvalue weighted by atomic mass is 16.5. The maximum absolute atomic E-state index is 13.1. The van der Waals surface area contributed by atoms with E-state index < -0.39 is 34.7 Å². The van der Waals surface area contributed by atoms with Crippen molar-refractivity contribution in [2.75, 3.05) is 0 Å². The molecule has 0 saturated carbocycles. The van der Waals surface area contributed by atoms with Crippen molar-refractivity contribution >= 4 is 34.7 Å². The van der Waals surface area contributed by atoms with E-state index in [0.29, 0.717) is 34.1 Å². The van der Waals surface area contributed by atoms with Crippen molar-refractivity contribution < 1.29 is 38.2 Å². The smallest absolute Gasteiger partial charge is 0.233 e. The maximum atomic E-state index is 13.1. The molecule has 0 aromatic heterocycles. The van der Waals surface area contributed by atoms with Gasteiger partial charge >= 0.3 is 0 Å². The van der Waals surface area contributed by atoms with Crippen LogP contribution in [-0.2, 0) is 0 Å². The summed E-state index contributed by atoms with van der Waals surface area (Å²) < 4.78 is 11.8. The lowest BCUT2D eigenvalue weighted by Crippen LogP contribution is -2.14. The first-order valence-electron chi connectivity index (χ1n) is 19.5. The van der Waals surface area contributed by atoms with Gasteiger partial charge in [-0.05, 0) is 119 Å². The molecule has 0 unspecified atom stereocenters.